The van der Waals surface area contributed by atoms with Crippen LogP contribution in [-0.4, -0.2) is 29.0 Å². The number of nitrogens with two attached hydrogens (primary N) is 1. The molecule has 0 bridgehead atoms. The normalized spacial score (nSPS) is 12.1. The summed E-state index contributed by atoms with van der Waals surface area (Å²) in [6, 6.07) is 3.38. The topological polar surface area (TPSA) is 61.8 Å². The van der Waals surface area contributed by atoms with Crippen LogP contribution in [0.15, 0.2) is 23.4 Å². The number of nitrogens with zero attached hydrogens (tertiary/aromatic N) is 2. The highest BCUT2D eigenvalue weighted by Gasteiger charge is 2.09. The molecule has 3 N–H and O–H groups in total. The van der Waals surface area contributed by atoms with Gasteiger partial charge in [-0.25, -0.2) is 8.78 Å². The summed E-state index contributed by atoms with van der Waals surface area (Å²) in [6.07, 6.45) is 0.376. The smallest absolute Gasteiger partial charge is 0.140 e. The number of hydrogen-bond donors (Lipinski definition) is 2. The number of benzene rings is 1. The third-order valence-electron chi connectivity index (χ3n) is 2.66. The molecule has 1 aromatic rings. The quantitative estimate of drug-likeness (QED) is 0.354. The van der Waals surface area contributed by atoms with E-state index in [1.165, 1.54) is 6.07 Å². The number of rotatable bonds is 6. The molecule has 0 atom stereocenters. The Balaban J connectivity index is 2.65. The number of oxime groups is 1. The molecule has 0 heterocycles. The lowest BCUT2D eigenvalue weighted by Gasteiger charge is -2.20. The van der Waals surface area contributed by atoms with E-state index in [9.17, 15) is 8.78 Å². The highest BCUT2D eigenvalue weighted by Crippen LogP contribution is 2.12. The van der Waals surface area contributed by atoms with E-state index in [-0.39, 0.29) is 5.84 Å². The Bertz CT molecular complexity index is 424. The van der Waals surface area contributed by atoms with E-state index in [1.807, 2.05) is 11.8 Å². The van der Waals surface area contributed by atoms with Crippen LogP contribution in [0.4, 0.5) is 8.78 Å². The molecule has 0 saturated heterocycles. The second kappa shape index (κ2) is 6.90. The van der Waals surface area contributed by atoms with E-state index >= 15 is 0 Å². The second-order valence-electron chi connectivity index (χ2n) is 3.95. The second-order valence-corrected chi connectivity index (χ2v) is 3.95. The average molecular weight is 257 g/mol. The lowest BCUT2D eigenvalue weighted by atomic mass is 10.2. The summed E-state index contributed by atoms with van der Waals surface area (Å²) in [6.45, 7) is 3.37. The third kappa shape index (κ3) is 4.29. The molecule has 0 aliphatic rings. The molecule has 0 aliphatic heterocycles. The minimum Gasteiger partial charge on any atom is -0.409 e. The van der Waals surface area contributed by atoms with Crippen LogP contribution in [0.25, 0.3) is 0 Å². The van der Waals surface area contributed by atoms with Crippen molar-refractivity contribution in [2.45, 2.75) is 19.9 Å². The van der Waals surface area contributed by atoms with Gasteiger partial charge in [0.05, 0.1) is 0 Å². The van der Waals surface area contributed by atoms with Gasteiger partial charge in [0, 0.05) is 25.1 Å². The molecule has 100 valence electrons. The zero-order valence-corrected chi connectivity index (χ0v) is 10.2. The lowest BCUT2D eigenvalue weighted by molar-refractivity contribution is 0.279. The minimum absolute atomic E-state index is 0.119. The maximum absolute atomic E-state index is 13.4. The van der Waals surface area contributed by atoms with Crippen molar-refractivity contribution in [2.75, 3.05) is 13.1 Å². The zero-order chi connectivity index (χ0) is 13.5. The predicted octanol–water partition coefficient (Wildman–Crippen LogP) is 1.92. The molecule has 0 radical (unpaired) electrons. The minimum atomic E-state index is -0.459. The fraction of sp³-hybridized carbons (Fsp3) is 0.417. The molecule has 0 amide bonds. The first kappa shape index (κ1) is 14.4. The van der Waals surface area contributed by atoms with Crippen LogP contribution in [-0.2, 0) is 6.54 Å². The molecule has 1 rings (SSSR count). The standard InChI is InChI=1S/C12H17F2N3O/c1-2-17(6-5-12(15)16-18)8-9-7-10(13)3-4-11(9)14/h3-4,7,18H,2,5-6,8H2,1H3,(H2,15,16). The van der Waals surface area contributed by atoms with E-state index in [1.54, 1.807) is 0 Å². The molecule has 0 aromatic heterocycles. The Hall–Kier alpha value is -1.69. The third-order valence-corrected chi connectivity index (χ3v) is 2.66. The summed E-state index contributed by atoms with van der Waals surface area (Å²) in [7, 11) is 0. The Labute approximate surface area is 105 Å². The first-order valence-electron chi connectivity index (χ1n) is 5.69. The Morgan fingerprint density at radius 3 is 2.78 bits per heavy atom. The summed E-state index contributed by atoms with van der Waals surface area (Å²) in [4.78, 5) is 1.88. The van der Waals surface area contributed by atoms with Crippen molar-refractivity contribution in [3.05, 3.63) is 35.4 Å². The molecule has 0 spiro atoms. The fourth-order valence-corrected chi connectivity index (χ4v) is 1.58. The summed E-state index contributed by atoms with van der Waals surface area (Å²) < 4.78 is 26.5. The van der Waals surface area contributed by atoms with Crippen molar-refractivity contribution in [1.29, 1.82) is 0 Å². The Morgan fingerprint density at radius 2 is 2.17 bits per heavy atom. The van der Waals surface area contributed by atoms with Gasteiger partial charge in [-0.15, -0.1) is 0 Å². The van der Waals surface area contributed by atoms with E-state index in [0.29, 0.717) is 31.6 Å². The van der Waals surface area contributed by atoms with Crippen LogP contribution < -0.4 is 5.73 Å². The highest BCUT2D eigenvalue weighted by molar-refractivity contribution is 5.79. The molecule has 0 fully saturated rings. The van der Waals surface area contributed by atoms with Crippen molar-refractivity contribution < 1.29 is 14.0 Å². The molecule has 4 nitrogen and oxygen atoms in total. The van der Waals surface area contributed by atoms with E-state index < -0.39 is 11.6 Å². The molecule has 18 heavy (non-hydrogen) atoms. The fourth-order valence-electron chi connectivity index (χ4n) is 1.58. The van der Waals surface area contributed by atoms with Gasteiger partial charge in [0.1, 0.15) is 17.5 Å². The van der Waals surface area contributed by atoms with Gasteiger partial charge in [-0.05, 0) is 24.7 Å². The molecular weight excluding hydrogens is 240 g/mol. The molecule has 0 unspecified atom stereocenters. The SMILES string of the molecule is CCN(CCC(N)=NO)Cc1cc(F)ccc1F. The number of amidine groups is 1. The van der Waals surface area contributed by atoms with E-state index in [2.05, 4.69) is 5.16 Å². The van der Waals surface area contributed by atoms with Crippen LogP contribution in [0.2, 0.25) is 0 Å². The van der Waals surface area contributed by atoms with Crippen LogP contribution in [0.3, 0.4) is 0 Å². The summed E-state index contributed by atoms with van der Waals surface area (Å²) in [5, 5.41) is 11.3. The predicted molar refractivity (Wildman–Crippen MR) is 65.3 cm³/mol. The maximum Gasteiger partial charge on any atom is 0.140 e. The van der Waals surface area contributed by atoms with E-state index in [0.717, 1.165) is 12.1 Å². The van der Waals surface area contributed by atoms with Crippen LogP contribution >= 0.6 is 0 Å². The zero-order valence-electron chi connectivity index (χ0n) is 10.2. The molecule has 6 heteroatoms. The van der Waals surface area contributed by atoms with Crippen molar-refractivity contribution >= 4 is 5.84 Å². The van der Waals surface area contributed by atoms with Crippen LogP contribution in [0.1, 0.15) is 18.9 Å². The molecule has 0 aliphatic carbocycles. The maximum atomic E-state index is 13.4. The monoisotopic (exact) mass is 257 g/mol. The van der Waals surface area contributed by atoms with Gasteiger partial charge in [-0.1, -0.05) is 12.1 Å². The van der Waals surface area contributed by atoms with Crippen molar-refractivity contribution in [3.63, 3.8) is 0 Å². The van der Waals surface area contributed by atoms with Crippen molar-refractivity contribution in [3.8, 4) is 0 Å². The van der Waals surface area contributed by atoms with Gasteiger partial charge in [0.2, 0.25) is 0 Å². The Morgan fingerprint density at radius 1 is 1.44 bits per heavy atom. The summed E-state index contributed by atoms with van der Waals surface area (Å²) in [5.74, 6) is -0.773. The molecule has 0 saturated carbocycles. The van der Waals surface area contributed by atoms with Gasteiger partial charge in [0.25, 0.3) is 0 Å². The molecular formula is C12H17F2N3O. The van der Waals surface area contributed by atoms with Gasteiger partial charge in [-0.3, -0.25) is 4.90 Å². The first-order chi connectivity index (χ1) is 8.56. The number of hydrogen-bond acceptors (Lipinski definition) is 3. The van der Waals surface area contributed by atoms with Gasteiger partial charge in [-0.2, -0.15) is 0 Å². The number of halogens is 2. The van der Waals surface area contributed by atoms with Crippen molar-refractivity contribution in [1.82, 2.24) is 4.90 Å². The summed E-state index contributed by atoms with van der Waals surface area (Å²) >= 11 is 0. The van der Waals surface area contributed by atoms with Crippen LogP contribution in [0, 0.1) is 11.6 Å². The van der Waals surface area contributed by atoms with Gasteiger partial charge in [0.15, 0.2) is 0 Å². The van der Waals surface area contributed by atoms with E-state index in [4.69, 9.17) is 10.9 Å². The summed E-state index contributed by atoms with van der Waals surface area (Å²) in [5.41, 5.74) is 5.66. The van der Waals surface area contributed by atoms with Crippen LogP contribution in [0.5, 0.6) is 0 Å². The lowest BCUT2D eigenvalue weighted by Crippen LogP contribution is -2.28. The highest BCUT2D eigenvalue weighted by atomic mass is 19.1. The van der Waals surface area contributed by atoms with Crippen molar-refractivity contribution in [2.24, 2.45) is 10.9 Å². The molecule has 1 aromatic carbocycles. The largest absolute Gasteiger partial charge is 0.409 e. The average Bonchev–Trinajstić information content (AvgIpc) is 2.37. The van der Waals surface area contributed by atoms with Gasteiger partial charge < -0.3 is 10.9 Å². The van der Waals surface area contributed by atoms with Gasteiger partial charge >= 0.3 is 0 Å². The first-order valence-corrected chi connectivity index (χ1v) is 5.69. The Kier molecular flexibility index (Phi) is 5.51.